The summed E-state index contributed by atoms with van der Waals surface area (Å²) in [5, 5.41) is 0. The summed E-state index contributed by atoms with van der Waals surface area (Å²) in [6, 6.07) is 9.55. The van der Waals surface area contributed by atoms with E-state index in [9.17, 15) is 0 Å². The Morgan fingerprint density at radius 2 is 1.82 bits per heavy atom. The summed E-state index contributed by atoms with van der Waals surface area (Å²) in [6.45, 7) is 4.06. The van der Waals surface area contributed by atoms with Crippen molar-refractivity contribution < 1.29 is 9.47 Å². The molecule has 0 fully saturated rings. The number of anilines is 1. The number of rotatable bonds is 3. The number of hydrogen-bond donors (Lipinski definition) is 1. The summed E-state index contributed by atoms with van der Waals surface area (Å²) in [5.41, 5.74) is 11.3. The van der Waals surface area contributed by atoms with Gasteiger partial charge in [-0.25, -0.2) is 4.98 Å². The van der Waals surface area contributed by atoms with Crippen molar-refractivity contribution in [3.05, 3.63) is 41.7 Å². The molecule has 2 N–H and O–H groups in total. The van der Waals surface area contributed by atoms with Crippen LogP contribution in [0, 0.1) is 13.8 Å². The number of pyridine rings is 1. The van der Waals surface area contributed by atoms with Gasteiger partial charge in [-0.1, -0.05) is 0 Å². The molecule has 0 atom stereocenters. The fraction of sp³-hybridized carbons (Fsp3) is 0.235. The largest absolute Gasteiger partial charge is 0.497 e. The molecule has 2 heterocycles. The van der Waals surface area contributed by atoms with Gasteiger partial charge in [-0.05, 0) is 44.2 Å². The molecule has 114 valence electrons. The van der Waals surface area contributed by atoms with Gasteiger partial charge < -0.3 is 15.2 Å². The Labute approximate surface area is 129 Å². The molecule has 1 aromatic carbocycles. The maximum atomic E-state index is 6.07. The van der Waals surface area contributed by atoms with E-state index < -0.39 is 0 Å². The van der Waals surface area contributed by atoms with Crippen molar-refractivity contribution in [1.29, 1.82) is 0 Å². The molecule has 0 amide bonds. The zero-order chi connectivity index (χ0) is 15.9. The van der Waals surface area contributed by atoms with Crippen LogP contribution in [0.1, 0.15) is 11.4 Å². The maximum absolute atomic E-state index is 6.07. The number of nitrogens with zero attached hydrogens (tertiary/aromatic N) is 2. The molecule has 22 heavy (non-hydrogen) atoms. The Balaban J connectivity index is 2.34. The van der Waals surface area contributed by atoms with Crippen LogP contribution in [0.5, 0.6) is 11.5 Å². The fourth-order valence-corrected chi connectivity index (χ4v) is 2.74. The van der Waals surface area contributed by atoms with E-state index in [0.29, 0.717) is 5.69 Å². The molecule has 2 aromatic heterocycles. The predicted octanol–water partition coefficient (Wildman–Crippen LogP) is 3.22. The molecule has 3 aromatic rings. The fourth-order valence-electron chi connectivity index (χ4n) is 2.74. The Morgan fingerprint density at radius 3 is 2.45 bits per heavy atom. The average molecular weight is 297 g/mol. The molecule has 5 heteroatoms. The van der Waals surface area contributed by atoms with Crippen LogP contribution in [-0.2, 0) is 0 Å². The van der Waals surface area contributed by atoms with Crippen LogP contribution < -0.4 is 15.2 Å². The molecule has 0 unspecified atom stereocenters. The minimum atomic E-state index is 0.654. The van der Waals surface area contributed by atoms with E-state index >= 15 is 0 Å². The van der Waals surface area contributed by atoms with E-state index in [1.807, 2.05) is 44.2 Å². The molecule has 0 saturated carbocycles. The minimum Gasteiger partial charge on any atom is -0.497 e. The molecule has 0 bridgehead atoms. The molecule has 0 radical (unpaired) electrons. The first-order valence-corrected chi connectivity index (χ1v) is 7.03. The molecule has 0 spiro atoms. The molecule has 0 aliphatic rings. The molecule has 3 rings (SSSR count). The topological polar surface area (TPSA) is 61.8 Å². The van der Waals surface area contributed by atoms with Crippen LogP contribution in [-0.4, -0.2) is 23.6 Å². The monoisotopic (exact) mass is 297 g/mol. The maximum Gasteiger partial charge on any atom is 0.161 e. The van der Waals surface area contributed by atoms with Crippen molar-refractivity contribution in [2.24, 2.45) is 0 Å². The normalized spacial score (nSPS) is 10.9. The number of aryl methyl sites for hydroxylation is 2. The number of imidazole rings is 1. The van der Waals surface area contributed by atoms with Gasteiger partial charge in [0.2, 0.25) is 0 Å². The third-order valence-corrected chi connectivity index (χ3v) is 3.88. The summed E-state index contributed by atoms with van der Waals surface area (Å²) in [7, 11) is 3.29. The van der Waals surface area contributed by atoms with Crippen LogP contribution in [0.15, 0.2) is 30.3 Å². The molecule has 0 saturated heterocycles. The van der Waals surface area contributed by atoms with E-state index in [0.717, 1.165) is 39.8 Å². The average Bonchev–Trinajstić information content (AvgIpc) is 2.89. The SMILES string of the molecule is COc1ccc(OC)c(-c2nc3c(N)ccc(C)n3c2C)c1. The van der Waals surface area contributed by atoms with Crippen LogP contribution in [0.25, 0.3) is 16.9 Å². The molecular formula is C17H19N3O2. The third-order valence-electron chi connectivity index (χ3n) is 3.88. The van der Waals surface area contributed by atoms with Gasteiger partial charge in [0.15, 0.2) is 5.65 Å². The van der Waals surface area contributed by atoms with Crippen LogP contribution >= 0.6 is 0 Å². The van der Waals surface area contributed by atoms with Crippen LogP contribution in [0.2, 0.25) is 0 Å². The van der Waals surface area contributed by atoms with Gasteiger partial charge in [0, 0.05) is 17.0 Å². The highest BCUT2D eigenvalue weighted by Crippen LogP contribution is 2.36. The number of aromatic nitrogens is 2. The number of fused-ring (bicyclic) bond motifs is 1. The van der Waals surface area contributed by atoms with E-state index in [-0.39, 0.29) is 0 Å². The second kappa shape index (κ2) is 5.26. The van der Waals surface area contributed by atoms with Gasteiger partial charge in [-0.15, -0.1) is 0 Å². The number of methoxy groups -OCH3 is 2. The van der Waals surface area contributed by atoms with Crippen molar-refractivity contribution in [3.8, 4) is 22.8 Å². The zero-order valence-electron chi connectivity index (χ0n) is 13.2. The van der Waals surface area contributed by atoms with E-state index in [4.69, 9.17) is 20.2 Å². The van der Waals surface area contributed by atoms with Crippen molar-refractivity contribution >= 4 is 11.3 Å². The quantitative estimate of drug-likeness (QED) is 0.806. The van der Waals surface area contributed by atoms with Crippen LogP contribution in [0.4, 0.5) is 5.69 Å². The first-order chi connectivity index (χ1) is 10.6. The smallest absolute Gasteiger partial charge is 0.161 e. The number of benzene rings is 1. The first kappa shape index (κ1) is 14.3. The minimum absolute atomic E-state index is 0.654. The van der Waals surface area contributed by atoms with Crippen molar-refractivity contribution in [2.45, 2.75) is 13.8 Å². The van der Waals surface area contributed by atoms with Crippen LogP contribution in [0.3, 0.4) is 0 Å². The van der Waals surface area contributed by atoms with Gasteiger partial charge in [-0.2, -0.15) is 0 Å². The summed E-state index contributed by atoms with van der Waals surface area (Å²) in [4.78, 5) is 4.73. The standard InChI is InChI=1S/C17H19N3O2/c1-10-5-7-14(18)17-19-16(11(2)20(10)17)13-9-12(21-3)6-8-15(13)22-4/h5-9H,18H2,1-4H3. The van der Waals surface area contributed by atoms with Gasteiger partial charge >= 0.3 is 0 Å². The molecule has 0 aliphatic carbocycles. The highest BCUT2D eigenvalue weighted by Gasteiger charge is 2.17. The van der Waals surface area contributed by atoms with E-state index in [1.54, 1.807) is 14.2 Å². The van der Waals surface area contributed by atoms with E-state index in [1.165, 1.54) is 0 Å². The second-order valence-electron chi connectivity index (χ2n) is 5.20. The van der Waals surface area contributed by atoms with Gasteiger partial charge in [0.25, 0.3) is 0 Å². The lowest BCUT2D eigenvalue weighted by atomic mass is 10.1. The number of nitrogen functional groups attached to an aromatic ring is 1. The summed E-state index contributed by atoms with van der Waals surface area (Å²) in [5.74, 6) is 1.51. The lowest BCUT2D eigenvalue weighted by Gasteiger charge is -2.09. The predicted molar refractivity (Wildman–Crippen MR) is 87.6 cm³/mol. The lowest BCUT2D eigenvalue weighted by molar-refractivity contribution is 0.404. The lowest BCUT2D eigenvalue weighted by Crippen LogP contribution is -1.97. The Hall–Kier alpha value is -2.69. The number of hydrogen-bond acceptors (Lipinski definition) is 4. The Bertz CT molecular complexity index is 853. The highest BCUT2D eigenvalue weighted by atomic mass is 16.5. The first-order valence-electron chi connectivity index (χ1n) is 7.03. The summed E-state index contributed by atoms with van der Waals surface area (Å²) < 4.78 is 12.9. The molecule has 0 aliphatic heterocycles. The highest BCUT2D eigenvalue weighted by molar-refractivity contribution is 5.77. The van der Waals surface area contributed by atoms with Crippen molar-refractivity contribution in [3.63, 3.8) is 0 Å². The molecule has 5 nitrogen and oxygen atoms in total. The van der Waals surface area contributed by atoms with Gasteiger partial charge in [-0.3, -0.25) is 4.40 Å². The molecular weight excluding hydrogens is 278 g/mol. The van der Waals surface area contributed by atoms with Gasteiger partial charge in [0.1, 0.15) is 11.5 Å². The second-order valence-corrected chi connectivity index (χ2v) is 5.20. The number of nitrogens with two attached hydrogens (primary N) is 1. The van der Waals surface area contributed by atoms with E-state index in [2.05, 4.69) is 4.40 Å². The zero-order valence-corrected chi connectivity index (χ0v) is 13.2. The third kappa shape index (κ3) is 2.06. The van der Waals surface area contributed by atoms with Crippen molar-refractivity contribution in [2.75, 3.05) is 20.0 Å². The summed E-state index contributed by atoms with van der Waals surface area (Å²) >= 11 is 0. The Kier molecular flexibility index (Phi) is 3.41. The van der Waals surface area contributed by atoms with Crippen molar-refractivity contribution in [1.82, 2.24) is 9.38 Å². The number of ether oxygens (including phenoxy) is 2. The summed E-state index contributed by atoms with van der Waals surface area (Å²) in [6.07, 6.45) is 0. The van der Waals surface area contributed by atoms with Gasteiger partial charge in [0.05, 0.1) is 25.6 Å². The Morgan fingerprint density at radius 1 is 1.05 bits per heavy atom.